The molecule has 0 saturated carbocycles. The predicted molar refractivity (Wildman–Crippen MR) is 78.3 cm³/mol. The van der Waals surface area contributed by atoms with E-state index in [2.05, 4.69) is 5.32 Å². The van der Waals surface area contributed by atoms with Gasteiger partial charge in [0.1, 0.15) is 6.04 Å². The predicted octanol–water partition coefficient (Wildman–Crippen LogP) is 1.39. The number of benzene rings is 1. The number of carbonyl (C=O) groups is 3. The van der Waals surface area contributed by atoms with Crippen LogP contribution in [0.15, 0.2) is 24.3 Å². The molecule has 2 N–H and O–H groups in total. The van der Waals surface area contributed by atoms with E-state index < -0.39 is 23.8 Å². The molecule has 7 heteroatoms. The number of halogens is 1. The molecular formula is C14H17ClN2O4. The van der Waals surface area contributed by atoms with Crippen molar-refractivity contribution in [2.75, 3.05) is 13.6 Å². The normalized spacial score (nSPS) is 11.6. The fourth-order valence-corrected chi connectivity index (χ4v) is 1.99. The van der Waals surface area contributed by atoms with E-state index >= 15 is 0 Å². The lowest BCUT2D eigenvalue weighted by molar-refractivity contribution is -0.148. The zero-order chi connectivity index (χ0) is 16.0. The maximum atomic E-state index is 11.9. The average Bonchev–Trinajstić information content (AvgIpc) is 2.44. The number of nitrogens with one attached hydrogen (secondary N) is 1. The number of carboxylic acids is 1. The van der Waals surface area contributed by atoms with Gasteiger partial charge in [0.25, 0.3) is 5.91 Å². The van der Waals surface area contributed by atoms with Crippen LogP contribution in [0.1, 0.15) is 23.7 Å². The zero-order valence-corrected chi connectivity index (χ0v) is 12.6. The van der Waals surface area contributed by atoms with E-state index in [9.17, 15) is 14.4 Å². The standard InChI is InChI=1S/C14H17ClN2O4/c1-3-11(14(20)21)17(2)12(18)8-16-13(19)9-5-4-6-10(15)7-9/h4-7,11H,3,8H2,1-2H3,(H,16,19)(H,20,21). The number of aliphatic carboxylic acids is 1. The fraction of sp³-hybridized carbons (Fsp3) is 0.357. The monoisotopic (exact) mass is 312 g/mol. The molecule has 0 aromatic heterocycles. The molecule has 0 saturated heterocycles. The van der Waals surface area contributed by atoms with Crippen molar-refractivity contribution in [3.63, 3.8) is 0 Å². The van der Waals surface area contributed by atoms with Crippen molar-refractivity contribution in [3.05, 3.63) is 34.9 Å². The molecule has 1 aromatic rings. The summed E-state index contributed by atoms with van der Waals surface area (Å²) in [6, 6.07) is 5.41. The number of nitrogens with zero attached hydrogens (tertiary/aromatic N) is 1. The third-order valence-corrected chi connectivity index (χ3v) is 3.25. The first kappa shape index (κ1) is 17.0. The Morgan fingerprint density at radius 3 is 2.57 bits per heavy atom. The molecule has 0 heterocycles. The summed E-state index contributed by atoms with van der Waals surface area (Å²) >= 11 is 5.78. The molecule has 0 fully saturated rings. The highest BCUT2D eigenvalue weighted by Gasteiger charge is 2.24. The molecule has 1 rings (SSSR count). The van der Waals surface area contributed by atoms with Gasteiger partial charge in [-0.2, -0.15) is 0 Å². The van der Waals surface area contributed by atoms with Gasteiger partial charge in [0.15, 0.2) is 0 Å². The van der Waals surface area contributed by atoms with Gasteiger partial charge < -0.3 is 15.3 Å². The fourth-order valence-electron chi connectivity index (χ4n) is 1.80. The van der Waals surface area contributed by atoms with Crippen LogP contribution in [0, 0.1) is 0 Å². The second-order valence-electron chi connectivity index (χ2n) is 4.46. The topological polar surface area (TPSA) is 86.7 Å². The minimum absolute atomic E-state index is 0.272. The SMILES string of the molecule is CCC(C(=O)O)N(C)C(=O)CNC(=O)c1cccc(Cl)c1. The van der Waals surface area contributed by atoms with Gasteiger partial charge in [0.05, 0.1) is 6.54 Å². The second kappa shape index (κ2) is 7.64. The second-order valence-corrected chi connectivity index (χ2v) is 4.90. The van der Waals surface area contributed by atoms with Crippen molar-refractivity contribution < 1.29 is 19.5 Å². The number of carbonyl (C=O) groups excluding carboxylic acids is 2. The van der Waals surface area contributed by atoms with Crippen molar-refractivity contribution in [2.45, 2.75) is 19.4 Å². The lowest BCUT2D eigenvalue weighted by Gasteiger charge is -2.23. The highest BCUT2D eigenvalue weighted by atomic mass is 35.5. The van der Waals surface area contributed by atoms with Crippen LogP contribution in [0.4, 0.5) is 0 Å². The van der Waals surface area contributed by atoms with Crippen LogP contribution >= 0.6 is 11.6 Å². The number of hydrogen-bond donors (Lipinski definition) is 2. The number of carboxylic acid groups (broad SMARTS) is 1. The van der Waals surface area contributed by atoms with E-state index in [4.69, 9.17) is 16.7 Å². The molecule has 0 aliphatic heterocycles. The smallest absolute Gasteiger partial charge is 0.326 e. The molecular weight excluding hydrogens is 296 g/mol. The molecule has 2 amide bonds. The number of likely N-dealkylation sites (N-methyl/N-ethyl adjacent to an activating group) is 1. The summed E-state index contributed by atoms with van der Waals surface area (Å²) in [7, 11) is 1.40. The van der Waals surface area contributed by atoms with Gasteiger partial charge in [-0.15, -0.1) is 0 Å². The molecule has 0 spiro atoms. The van der Waals surface area contributed by atoms with E-state index in [0.29, 0.717) is 17.0 Å². The first-order valence-corrected chi connectivity index (χ1v) is 6.76. The van der Waals surface area contributed by atoms with Crippen LogP contribution in [-0.4, -0.2) is 47.4 Å². The minimum atomic E-state index is -1.07. The lowest BCUT2D eigenvalue weighted by Crippen LogP contribution is -2.46. The molecule has 1 aromatic carbocycles. The third-order valence-electron chi connectivity index (χ3n) is 3.02. The molecule has 1 atom stereocenters. The average molecular weight is 313 g/mol. The Balaban J connectivity index is 2.60. The van der Waals surface area contributed by atoms with Crippen LogP contribution in [-0.2, 0) is 9.59 Å². The Hall–Kier alpha value is -2.08. The van der Waals surface area contributed by atoms with E-state index in [0.717, 1.165) is 4.90 Å². The van der Waals surface area contributed by atoms with E-state index in [1.54, 1.807) is 25.1 Å². The van der Waals surface area contributed by atoms with Gasteiger partial charge >= 0.3 is 5.97 Å². The van der Waals surface area contributed by atoms with Crippen molar-refractivity contribution in [1.29, 1.82) is 0 Å². The Morgan fingerprint density at radius 1 is 1.38 bits per heavy atom. The summed E-state index contributed by atoms with van der Waals surface area (Å²) in [5, 5.41) is 11.8. The summed E-state index contributed by atoms with van der Waals surface area (Å²) in [6.07, 6.45) is 0.291. The summed E-state index contributed by atoms with van der Waals surface area (Å²) in [6.45, 7) is 1.40. The van der Waals surface area contributed by atoms with Gasteiger partial charge in [-0.3, -0.25) is 9.59 Å². The lowest BCUT2D eigenvalue weighted by atomic mass is 10.2. The summed E-state index contributed by atoms with van der Waals surface area (Å²) in [5.41, 5.74) is 0.336. The quantitative estimate of drug-likeness (QED) is 0.831. The van der Waals surface area contributed by atoms with E-state index in [-0.39, 0.29) is 6.54 Å². The molecule has 1 unspecified atom stereocenters. The van der Waals surface area contributed by atoms with Gasteiger partial charge in [-0.05, 0) is 24.6 Å². The Bertz CT molecular complexity index is 548. The number of hydrogen-bond acceptors (Lipinski definition) is 3. The highest BCUT2D eigenvalue weighted by molar-refractivity contribution is 6.30. The van der Waals surface area contributed by atoms with Crippen molar-refractivity contribution in [3.8, 4) is 0 Å². The minimum Gasteiger partial charge on any atom is -0.480 e. The molecule has 21 heavy (non-hydrogen) atoms. The number of amides is 2. The van der Waals surface area contributed by atoms with Gasteiger partial charge in [-0.25, -0.2) is 4.79 Å². The number of rotatable bonds is 6. The Kier molecular flexibility index (Phi) is 6.17. The Labute approximate surface area is 127 Å². The van der Waals surface area contributed by atoms with Crippen molar-refractivity contribution in [2.24, 2.45) is 0 Å². The Morgan fingerprint density at radius 2 is 2.05 bits per heavy atom. The molecule has 114 valence electrons. The van der Waals surface area contributed by atoms with Gasteiger partial charge in [0.2, 0.25) is 5.91 Å². The summed E-state index contributed by atoms with van der Waals surface area (Å²) in [4.78, 5) is 35.8. The summed E-state index contributed by atoms with van der Waals surface area (Å²) < 4.78 is 0. The van der Waals surface area contributed by atoms with Crippen LogP contribution in [0.25, 0.3) is 0 Å². The molecule has 0 aliphatic rings. The van der Waals surface area contributed by atoms with Crippen LogP contribution in [0.5, 0.6) is 0 Å². The van der Waals surface area contributed by atoms with Crippen LogP contribution < -0.4 is 5.32 Å². The first-order valence-electron chi connectivity index (χ1n) is 6.39. The van der Waals surface area contributed by atoms with Crippen LogP contribution in [0.2, 0.25) is 5.02 Å². The highest BCUT2D eigenvalue weighted by Crippen LogP contribution is 2.10. The van der Waals surface area contributed by atoms with Crippen molar-refractivity contribution in [1.82, 2.24) is 10.2 Å². The van der Waals surface area contributed by atoms with Gasteiger partial charge in [-0.1, -0.05) is 24.6 Å². The molecule has 0 bridgehead atoms. The maximum Gasteiger partial charge on any atom is 0.326 e. The van der Waals surface area contributed by atoms with Crippen molar-refractivity contribution >= 4 is 29.4 Å². The van der Waals surface area contributed by atoms with Crippen LogP contribution in [0.3, 0.4) is 0 Å². The third kappa shape index (κ3) is 4.75. The van der Waals surface area contributed by atoms with E-state index in [1.165, 1.54) is 13.1 Å². The van der Waals surface area contributed by atoms with E-state index in [1.807, 2.05) is 0 Å². The molecule has 0 aliphatic carbocycles. The maximum absolute atomic E-state index is 11.9. The first-order chi connectivity index (χ1) is 9.86. The summed E-state index contributed by atoms with van der Waals surface area (Å²) in [5.74, 6) is -1.99. The largest absolute Gasteiger partial charge is 0.480 e. The molecule has 6 nitrogen and oxygen atoms in total. The molecule has 0 radical (unpaired) electrons. The van der Waals surface area contributed by atoms with Gasteiger partial charge in [0, 0.05) is 17.6 Å². The zero-order valence-electron chi connectivity index (χ0n) is 11.8.